The third kappa shape index (κ3) is 3.51. The van der Waals surface area contributed by atoms with E-state index >= 15 is 0 Å². The third-order valence-corrected chi connectivity index (χ3v) is 7.80. The number of amidine groups is 1. The average molecular weight is 386 g/mol. The molecule has 4 rings (SSSR count). The number of aliphatic imine (C=N–C) groups is 1. The van der Waals surface area contributed by atoms with Gasteiger partial charge in [0.1, 0.15) is 0 Å². The highest BCUT2D eigenvalue weighted by Crippen LogP contribution is 2.48. The maximum absolute atomic E-state index is 12.0. The van der Waals surface area contributed by atoms with E-state index < -0.39 is 0 Å². The van der Waals surface area contributed by atoms with Crippen LogP contribution in [0.4, 0.5) is 5.69 Å². The molecule has 5 heteroatoms. The smallest absolute Gasteiger partial charge is 0.251 e. The predicted octanol–water partition coefficient (Wildman–Crippen LogP) is 4.90. The van der Waals surface area contributed by atoms with E-state index in [9.17, 15) is 4.79 Å². The molecule has 0 radical (unpaired) electrons. The van der Waals surface area contributed by atoms with E-state index in [2.05, 4.69) is 17.1 Å². The summed E-state index contributed by atoms with van der Waals surface area (Å²) in [6.45, 7) is 2.14. The van der Waals surface area contributed by atoms with Crippen LogP contribution in [0.25, 0.3) is 0 Å². The van der Waals surface area contributed by atoms with Crippen molar-refractivity contribution in [1.82, 2.24) is 10.2 Å². The molecule has 3 fully saturated rings. The van der Waals surface area contributed by atoms with Crippen LogP contribution in [0.1, 0.15) is 74.2 Å². The van der Waals surface area contributed by atoms with Gasteiger partial charge in [0.2, 0.25) is 0 Å². The van der Waals surface area contributed by atoms with E-state index in [4.69, 9.17) is 4.99 Å². The number of aryl methyl sites for hydroxylation is 1. The summed E-state index contributed by atoms with van der Waals surface area (Å²) in [7, 11) is 1.68. The number of hydrogen-bond acceptors (Lipinski definition) is 3. The summed E-state index contributed by atoms with van der Waals surface area (Å²) < 4.78 is 0. The molecule has 1 saturated heterocycles. The first kappa shape index (κ1) is 18.9. The Morgan fingerprint density at radius 2 is 2.00 bits per heavy atom. The first-order chi connectivity index (χ1) is 13.2. The minimum absolute atomic E-state index is 0.0309. The van der Waals surface area contributed by atoms with E-state index in [0.29, 0.717) is 11.6 Å². The lowest BCUT2D eigenvalue weighted by molar-refractivity contribution is 0.0963. The van der Waals surface area contributed by atoms with Crippen LogP contribution < -0.4 is 5.32 Å². The number of carbonyl (C=O) groups excluding carboxylic acids is 1. The van der Waals surface area contributed by atoms with Gasteiger partial charge in [0.25, 0.3) is 5.91 Å². The second kappa shape index (κ2) is 7.86. The van der Waals surface area contributed by atoms with E-state index in [0.717, 1.165) is 23.2 Å². The van der Waals surface area contributed by atoms with Gasteiger partial charge < -0.3 is 10.2 Å². The number of carbonyl (C=O) groups is 1. The van der Waals surface area contributed by atoms with Gasteiger partial charge in [0, 0.05) is 24.4 Å². The van der Waals surface area contributed by atoms with Crippen molar-refractivity contribution < 1.29 is 4.79 Å². The highest BCUT2D eigenvalue weighted by atomic mass is 32.2. The van der Waals surface area contributed by atoms with Gasteiger partial charge >= 0.3 is 0 Å². The average Bonchev–Trinajstić information content (AvgIpc) is 3.44. The van der Waals surface area contributed by atoms with Crippen LogP contribution in [0.3, 0.4) is 0 Å². The van der Waals surface area contributed by atoms with Crippen LogP contribution in [-0.4, -0.2) is 40.4 Å². The van der Waals surface area contributed by atoms with Crippen LogP contribution in [0.5, 0.6) is 0 Å². The molecule has 1 aromatic carbocycles. The first-order valence-corrected chi connectivity index (χ1v) is 11.5. The van der Waals surface area contributed by atoms with E-state index in [1.54, 1.807) is 7.05 Å². The molecule has 1 heterocycles. The predicted molar refractivity (Wildman–Crippen MR) is 114 cm³/mol. The zero-order valence-electron chi connectivity index (χ0n) is 16.6. The highest BCUT2D eigenvalue weighted by molar-refractivity contribution is 8.14. The number of nitrogens with zero attached hydrogens (tertiary/aromatic N) is 2. The van der Waals surface area contributed by atoms with Gasteiger partial charge in [0.05, 0.1) is 11.2 Å². The summed E-state index contributed by atoms with van der Waals surface area (Å²) in [5.41, 5.74) is 3.26. The van der Waals surface area contributed by atoms with Gasteiger partial charge in [-0.05, 0) is 55.9 Å². The van der Waals surface area contributed by atoms with Gasteiger partial charge in [-0.1, -0.05) is 44.4 Å². The van der Waals surface area contributed by atoms with Crippen molar-refractivity contribution >= 4 is 28.5 Å². The van der Waals surface area contributed by atoms with E-state index in [1.165, 1.54) is 62.3 Å². The monoisotopic (exact) mass is 385 g/mol. The van der Waals surface area contributed by atoms with Crippen molar-refractivity contribution in [3.05, 3.63) is 29.3 Å². The molecule has 1 aromatic rings. The van der Waals surface area contributed by atoms with Gasteiger partial charge in [-0.15, -0.1) is 0 Å². The Bertz CT molecular complexity index is 733. The number of benzene rings is 1. The van der Waals surface area contributed by atoms with Crippen molar-refractivity contribution in [2.24, 2.45) is 4.99 Å². The fraction of sp³-hybridized carbons (Fsp3) is 0.636. The third-order valence-electron chi connectivity index (χ3n) is 6.58. The summed E-state index contributed by atoms with van der Waals surface area (Å²) in [4.78, 5) is 19.9. The van der Waals surface area contributed by atoms with Crippen molar-refractivity contribution in [1.29, 1.82) is 0 Å². The maximum atomic E-state index is 12.0. The molecular weight excluding hydrogens is 354 g/mol. The molecule has 0 unspecified atom stereocenters. The lowest BCUT2D eigenvalue weighted by atomic mass is 9.95. The molecule has 0 bridgehead atoms. The van der Waals surface area contributed by atoms with E-state index in [-0.39, 0.29) is 5.91 Å². The first-order valence-electron chi connectivity index (χ1n) is 10.5. The minimum Gasteiger partial charge on any atom is -0.355 e. The second-order valence-corrected chi connectivity index (χ2v) is 9.14. The molecular formula is C22H31N3OS. The molecule has 27 heavy (non-hydrogen) atoms. The Kier molecular flexibility index (Phi) is 5.49. The summed E-state index contributed by atoms with van der Waals surface area (Å²) >= 11 is 1.96. The Hall–Kier alpha value is -1.49. The number of rotatable bonds is 4. The Morgan fingerprint density at radius 3 is 2.67 bits per heavy atom. The zero-order valence-corrected chi connectivity index (χ0v) is 17.4. The van der Waals surface area contributed by atoms with Crippen LogP contribution in [0.2, 0.25) is 0 Å². The molecule has 0 aromatic heterocycles. The van der Waals surface area contributed by atoms with Crippen molar-refractivity contribution in [3.63, 3.8) is 0 Å². The van der Waals surface area contributed by atoms with Crippen LogP contribution in [0, 0.1) is 0 Å². The van der Waals surface area contributed by atoms with Gasteiger partial charge in [0.15, 0.2) is 5.17 Å². The lowest BCUT2D eigenvalue weighted by Gasteiger charge is -2.40. The summed E-state index contributed by atoms with van der Waals surface area (Å²) in [6, 6.07) is 6.61. The topological polar surface area (TPSA) is 44.7 Å². The second-order valence-electron chi connectivity index (χ2n) is 8.20. The molecule has 1 amide bonds. The fourth-order valence-corrected chi connectivity index (χ4v) is 6.59. The van der Waals surface area contributed by atoms with Crippen molar-refractivity contribution in [2.75, 3.05) is 12.8 Å². The van der Waals surface area contributed by atoms with Crippen LogP contribution in [0.15, 0.2) is 23.2 Å². The lowest BCUT2D eigenvalue weighted by Crippen LogP contribution is -2.50. The molecule has 4 nitrogen and oxygen atoms in total. The Morgan fingerprint density at radius 1 is 1.26 bits per heavy atom. The van der Waals surface area contributed by atoms with Gasteiger partial charge in [-0.3, -0.25) is 4.79 Å². The summed E-state index contributed by atoms with van der Waals surface area (Å²) in [6.07, 6.45) is 11.6. The number of amides is 1. The molecule has 146 valence electrons. The Balaban J connectivity index is 1.68. The van der Waals surface area contributed by atoms with Crippen LogP contribution in [-0.2, 0) is 6.42 Å². The number of nitrogens with one attached hydrogen (secondary N) is 1. The van der Waals surface area contributed by atoms with Gasteiger partial charge in [-0.2, -0.15) is 0 Å². The maximum Gasteiger partial charge on any atom is 0.251 e. The van der Waals surface area contributed by atoms with Crippen molar-refractivity contribution in [3.8, 4) is 0 Å². The molecule has 3 aliphatic rings. The fourth-order valence-electron chi connectivity index (χ4n) is 5.12. The zero-order chi connectivity index (χ0) is 18.9. The van der Waals surface area contributed by atoms with E-state index in [1.807, 2.05) is 30.0 Å². The molecule has 1 spiro atoms. The molecule has 2 saturated carbocycles. The number of thioether (sulfide) groups is 1. The Labute approximate surface area is 167 Å². The SMILES string of the molecule is CCc1cc(C(=O)NC)ccc1/N=C1/SCC2(CCCC2)N1C1CCCC1. The van der Waals surface area contributed by atoms with Gasteiger partial charge in [-0.25, -0.2) is 4.99 Å². The minimum atomic E-state index is -0.0309. The molecule has 1 aliphatic heterocycles. The molecule has 1 N–H and O–H groups in total. The normalized spacial score (nSPS) is 23.6. The molecule has 0 atom stereocenters. The molecule has 2 aliphatic carbocycles. The highest BCUT2D eigenvalue weighted by Gasteiger charge is 2.49. The van der Waals surface area contributed by atoms with Crippen molar-refractivity contribution in [2.45, 2.75) is 76.3 Å². The van der Waals surface area contributed by atoms with Crippen LogP contribution >= 0.6 is 11.8 Å². The quantitative estimate of drug-likeness (QED) is 0.802. The standard InChI is InChI=1S/C22H31N3OS/c1-3-16-14-17(20(26)23-2)10-11-19(16)24-21-25(18-8-4-5-9-18)22(15-27-21)12-6-7-13-22/h10-11,14,18H,3-9,12-13,15H2,1-2H3,(H,23,26)/b24-21+. The summed E-state index contributed by atoms with van der Waals surface area (Å²) in [5, 5.41) is 3.94. The largest absolute Gasteiger partial charge is 0.355 e. The number of hydrogen-bond donors (Lipinski definition) is 1. The summed E-state index contributed by atoms with van der Waals surface area (Å²) in [5.74, 6) is 1.16.